The summed E-state index contributed by atoms with van der Waals surface area (Å²) < 4.78 is 32.0. The number of nitrogens with one attached hydrogen (secondary N) is 2. The molecule has 0 bridgehead atoms. The van der Waals surface area contributed by atoms with Crippen LogP contribution in [0.1, 0.15) is 11.9 Å². The van der Waals surface area contributed by atoms with Gasteiger partial charge in [-0.2, -0.15) is 4.98 Å². The maximum Gasteiger partial charge on any atom is 0.351 e. The quantitative estimate of drug-likeness (QED) is 0.163. The molecule has 0 aliphatic carbocycles. The van der Waals surface area contributed by atoms with Crippen molar-refractivity contribution in [2.75, 3.05) is 12.3 Å². The molecule has 36 heavy (non-hydrogen) atoms. The van der Waals surface area contributed by atoms with Crippen LogP contribution in [0, 0.1) is 4.77 Å². The number of anilines is 1. The second-order valence-electron chi connectivity index (χ2n) is 8.16. The van der Waals surface area contributed by atoms with Crippen LogP contribution in [-0.2, 0) is 20.4 Å². The molecule has 3 aromatic heterocycles. The minimum Gasteiger partial charge on any atom is -0.489 e. The highest BCUT2D eigenvalue weighted by atomic mass is 32.1. The van der Waals surface area contributed by atoms with Crippen LogP contribution in [-0.4, -0.2) is 59.0 Å². The lowest BCUT2D eigenvalue weighted by atomic mass is 10.1. The number of aliphatic hydroxyl groups is 1. The fraction of sp³-hybridized carbons (Fsp3) is 0.286. The van der Waals surface area contributed by atoms with Gasteiger partial charge < -0.3 is 44.3 Å². The molecule has 5 rings (SSSR count). The Morgan fingerprint density at radius 2 is 2.11 bits per heavy atom. The number of imidazole rings is 1. The predicted molar refractivity (Wildman–Crippen MR) is 131 cm³/mol. The number of nitrogens with zero attached hydrogens (tertiary/aromatic N) is 3. The number of nitrogens with two attached hydrogens (primary N) is 1. The topological polar surface area (TPSA) is 183 Å². The molecule has 15 heteroatoms. The predicted octanol–water partition coefficient (Wildman–Crippen LogP) is 1.32. The lowest BCUT2D eigenvalue weighted by Crippen LogP contribution is -2.37. The van der Waals surface area contributed by atoms with Gasteiger partial charge in [-0.15, -0.1) is 0 Å². The zero-order chi connectivity index (χ0) is 25.4. The SMILES string of the molecule is Nc1ccn([C@@H]2O[C@H](COc3cccc4ccn(Cc5c[nH]c(=S)[nH]5)c34)[C@@H](O[PH](=O)O)[C@H]2O)c(=O)n1. The maximum absolute atomic E-state index is 12.3. The Bertz CT molecular complexity index is 1530. The third-order valence-corrected chi connectivity index (χ3v) is 6.51. The Hall–Kier alpha value is -3.26. The molecule has 6 N–H and O–H groups in total. The number of hydrogen-bond donors (Lipinski definition) is 5. The van der Waals surface area contributed by atoms with Gasteiger partial charge in [-0.3, -0.25) is 9.13 Å². The van der Waals surface area contributed by atoms with Crippen molar-refractivity contribution in [2.24, 2.45) is 0 Å². The molecule has 1 aliphatic heterocycles. The van der Waals surface area contributed by atoms with Crippen LogP contribution in [0.5, 0.6) is 5.75 Å². The first-order valence-electron chi connectivity index (χ1n) is 10.8. The molecule has 1 unspecified atom stereocenters. The molecule has 4 aromatic rings. The summed E-state index contributed by atoms with van der Waals surface area (Å²) >= 11 is 5.10. The number of aliphatic hydroxyl groups excluding tert-OH is 1. The Kier molecular flexibility index (Phi) is 6.79. The Morgan fingerprint density at radius 1 is 1.28 bits per heavy atom. The zero-order valence-corrected chi connectivity index (χ0v) is 20.4. The number of aromatic amines is 2. The average Bonchev–Trinajstić information content (AvgIpc) is 3.51. The average molecular weight is 534 g/mol. The van der Waals surface area contributed by atoms with Crippen LogP contribution in [0.3, 0.4) is 0 Å². The van der Waals surface area contributed by atoms with Crippen LogP contribution in [0.25, 0.3) is 10.9 Å². The first-order valence-corrected chi connectivity index (χ1v) is 12.5. The molecular formula is C21H23N6O7PS. The van der Waals surface area contributed by atoms with E-state index in [1.165, 1.54) is 12.3 Å². The van der Waals surface area contributed by atoms with Gasteiger partial charge in [-0.05, 0) is 30.4 Å². The summed E-state index contributed by atoms with van der Waals surface area (Å²) in [5, 5.41) is 11.7. The van der Waals surface area contributed by atoms with Gasteiger partial charge in [0.25, 0.3) is 0 Å². The maximum atomic E-state index is 12.3. The van der Waals surface area contributed by atoms with E-state index in [-0.39, 0.29) is 12.4 Å². The summed E-state index contributed by atoms with van der Waals surface area (Å²) in [4.78, 5) is 31.3. The second-order valence-corrected chi connectivity index (χ2v) is 9.34. The molecule has 0 amide bonds. The van der Waals surface area contributed by atoms with Crippen molar-refractivity contribution in [2.45, 2.75) is 31.1 Å². The van der Waals surface area contributed by atoms with E-state index in [2.05, 4.69) is 15.0 Å². The fourth-order valence-electron chi connectivity index (χ4n) is 4.25. The Labute approximate surface area is 209 Å². The van der Waals surface area contributed by atoms with Crippen molar-refractivity contribution < 1.29 is 28.6 Å². The molecule has 5 atom stereocenters. The molecule has 0 saturated carbocycles. The molecule has 1 fully saturated rings. The number of aromatic nitrogens is 5. The van der Waals surface area contributed by atoms with E-state index in [1.54, 1.807) is 12.3 Å². The minimum absolute atomic E-state index is 0.00843. The third-order valence-electron chi connectivity index (χ3n) is 5.82. The van der Waals surface area contributed by atoms with Crippen LogP contribution in [0.2, 0.25) is 0 Å². The van der Waals surface area contributed by atoms with E-state index in [9.17, 15) is 19.4 Å². The Balaban J connectivity index is 1.40. The molecule has 0 radical (unpaired) electrons. The highest BCUT2D eigenvalue weighted by Gasteiger charge is 2.47. The molecule has 4 heterocycles. The number of nitrogen functional groups attached to an aromatic ring is 1. The molecular weight excluding hydrogens is 511 g/mol. The number of hydrogen-bond acceptors (Lipinski definition) is 9. The van der Waals surface area contributed by atoms with E-state index in [1.807, 2.05) is 29.0 Å². The number of H-pyrrole nitrogens is 2. The van der Waals surface area contributed by atoms with E-state index < -0.39 is 38.5 Å². The van der Waals surface area contributed by atoms with E-state index in [0.29, 0.717) is 17.1 Å². The van der Waals surface area contributed by atoms with Gasteiger partial charge in [0.2, 0.25) is 0 Å². The molecule has 13 nitrogen and oxygen atoms in total. The number of para-hydroxylation sites is 1. The zero-order valence-electron chi connectivity index (χ0n) is 18.6. The molecule has 190 valence electrons. The van der Waals surface area contributed by atoms with Gasteiger partial charge >= 0.3 is 13.9 Å². The highest BCUT2D eigenvalue weighted by molar-refractivity contribution is 7.71. The number of fused-ring (bicyclic) bond motifs is 1. The molecule has 0 spiro atoms. The van der Waals surface area contributed by atoms with Gasteiger partial charge in [0.05, 0.1) is 17.8 Å². The smallest absolute Gasteiger partial charge is 0.351 e. The van der Waals surface area contributed by atoms with Crippen molar-refractivity contribution >= 4 is 37.2 Å². The highest BCUT2D eigenvalue weighted by Crippen LogP contribution is 2.36. The fourth-order valence-corrected chi connectivity index (χ4v) is 4.96. The van der Waals surface area contributed by atoms with Crippen LogP contribution in [0.15, 0.2) is 53.7 Å². The van der Waals surface area contributed by atoms with Gasteiger partial charge in [0.15, 0.2) is 11.0 Å². The van der Waals surface area contributed by atoms with Crippen molar-refractivity contribution in [1.82, 2.24) is 24.1 Å². The van der Waals surface area contributed by atoms with Crippen molar-refractivity contribution in [1.29, 1.82) is 0 Å². The molecule has 1 saturated heterocycles. The lowest BCUT2D eigenvalue weighted by molar-refractivity contribution is -0.0510. The van der Waals surface area contributed by atoms with E-state index in [4.69, 9.17) is 31.9 Å². The largest absolute Gasteiger partial charge is 0.489 e. The first-order chi connectivity index (χ1) is 17.3. The minimum atomic E-state index is -3.44. The summed E-state index contributed by atoms with van der Waals surface area (Å²) in [7, 11) is -3.44. The number of rotatable bonds is 8. The lowest BCUT2D eigenvalue weighted by Gasteiger charge is -2.20. The second kappa shape index (κ2) is 10.0. The van der Waals surface area contributed by atoms with Gasteiger partial charge in [0.1, 0.15) is 36.5 Å². The number of ether oxygens (including phenoxy) is 2. The van der Waals surface area contributed by atoms with E-state index >= 15 is 0 Å². The number of benzene rings is 1. The monoisotopic (exact) mass is 534 g/mol. The summed E-state index contributed by atoms with van der Waals surface area (Å²) in [6.45, 7) is 0.365. The van der Waals surface area contributed by atoms with Gasteiger partial charge in [0, 0.05) is 24.0 Å². The van der Waals surface area contributed by atoms with Crippen molar-refractivity contribution in [3.8, 4) is 5.75 Å². The van der Waals surface area contributed by atoms with Crippen molar-refractivity contribution in [3.05, 3.63) is 69.9 Å². The summed E-state index contributed by atoms with van der Waals surface area (Å²) in [6, 6.07) is 8.87. The van der Waals surface area contributed by atoms with E-state index in [0.717, 1.165) is 21.2 Å². The van der Waals surface area contributed by atoms with Crippen molar-refractivity contribution in [3.63, 3.8) is 0 Å². The van der Waals surface area contributed by atoms with Gasteiger partial charge in [-0.1, -0.05) is 12.1 Å². The van der Waals surface area contributed by atoms with Gasteiger partial charge in [-0.25, -0.2) is 4.79 Å². The summed E-state index contributed by atoms with van der Waals surface area (Å²) in [6.07, 6.45) is 0.148. The summed E-state index contributed by atoms with van der Waals surface area (Å²) in [5.41, 5.74) is 6.47. The third kappa shape index (κ3) is 4.87. The molecule has 1 aliphatic rings. The van der Waals surface area contributed by atoms with Crippen LogP contribution in [0.4, 0.5) is 5.82 Å². The van der Waals surface area contributed by atoms with Crippen LogP contribution >= 0.6 is 20.5 Å². The normalized spacial score (nSPS) is 22.7. The standard InChI is InChI=1S/C21H23N6O7PS/c22-15-5-7-27(21(29)25-15)19-17(28)18(34-35(30)31)14(33-19)10-32-13-3-1-2-11-4-6-26(16(11)13)9-12-8-23-20(36)24-12/h1-8,14,17-19,28,35H,9-10H2,(H,30,31)(H2,22,25,29)(H2,23,24,36)/t14-,17-,18-,19-/m1/s1. The Morgan fingerprint density at radius 3 is 2.83 bits per heavy atom. The van der Waals surface area contributed by atoms with Crippen LogP contribution < -0.4 is 16.2 Å². The first kappa shape index (κ1) is 24.4. The summed E-state index contributed by atoms with van der Waals surface area (Å²) in [5.74, 6) is 0.531. The molecule has 1 aromatic carbocycles.